The summed E-state index contributed by atoms with van der Waals surface area (Å²) in [6, 6.07) is 10.8. The van der Waals surface area contributed by atoms with Crippen LogP contribution in [0.2, 0.25) is 0 Å². The minimum atomic E-state index is -1.28. The van der Waals surface area contributed by atoms with Gasteiger partial charge in [0.2, 0.25) is 5.91 Å². The monoisotopic (exact) mass is 551 g/mol. The number of amides is 2. The molecule has 1 aliphatic heterocycles. The Morgan fingerprint density at radius 2 is 1.77 bits per heavy atom. The van der Waals surface area contributed by atoms with Gasteiger partial charge >= 0.3 is 0 Å². The first-order valence-electron chi connectivity index (χ1n) is 14.6. The lowest BCUT2D eigenvalue weighted by atomic mass is 9.69. The third-order valence-corrected chi connectivity index (χ3v) is 9.14. The van der Waals surface area contributed by atoms with Crippen molar-refractivity contribution in [2.75, 3.05) is 33.8 Å². The number of aliphatic hydroxyl groups excluding tert-OH is 1. The maximum atomic E-state index is 13.5. The highest BCUT2D eigenvalue weighted by Crippen LogP contribution is 2.41. The Morgan fingerprint density at radius 1 is 1.10 bits per heavy atom. The SMILES string of the molecule is CN(C)C(=O)c1cn(C[C@]2(O)CCN(C(=O)C(CO)CC3CCCCC3)CC2(C)C)c(=O)cc1-c1ccccc1. The molecule has 2 atom stereocenters. The topological polar surface area (TPSA) is 103 Å². The average Bonchev–Trinajstić information content (AvgIpc) is 2.94. The fourth-order valence-corrected chi connectivity index (χ4v) is 6.43. The van der Waals surface area contributed by atoms with Crippen molar-refractivity contribution in [1.29, 1.82) is 0 Å². The first-order valence-corrected chi connectivity index (χ1v) is 14.6. The molecular weight excluding hydrogens is 506 g/mol. The summed E-state index contributed by atoms with van der Waals surface area (Å²) in [6.07, 6.45) is 8.42. The number of nitrogens with zero attached hydrogens (tertiary/aromatic N) is 3. The predicted octanol–water partition coefficient (Wildman–Crippen LogP) is 3.79. The van der Waals surface area contributed by atoms with Gasteiger partial charge in [0, 0.05) is 50.4 Å². The number of hydrogen-bond acceptors (Lipinski definition) is 5. The number of aliphatic hydroxyl groups is 2. The number of piperidine rings is 1. The van der Waals surface area contributed by atoms with Crippen molar-refractivity contribution in [1.82, 2.24) is 14.4 Å². The number of benzene rings is 1. The summed E-state index contributed by atoms with van der Waals surface area (Å²) in [5.41, 5.74) is -0.592. The predicted molar refractivity (Wildman–Crippen MR) is 156 cm³/mol. The van der Waals surface area contributed by atoms with Gasteiger partial charge in [-0.15, -0.1) is 0 Å². The Balaban J connectivity index is 1.56. The molecule has 1 aromatic heterocycles. The molecule has 2 amide bonds. The molecule has 2 N–H and O–H groups in total. The lowest BCUT2D eigenvalue weighted by Crippen LogP contribution is -2.61. The number of rotatable bonds is 8. The van der Waals surface area contributed by atoms with Crippen LogP contribution < -0.4 is 5.56 Å². The van der Waals surface area contributed by atoms with Crippen molar-refractivity contribution < 1.29 is 19.8 Å². The molecular formula is C32H45N3O5. The molecule has 2 heterocycles. The Morgan fingerprint density at radius 3 is 2.38 bits per heavy atom. The molecule has 1 saturated carbocycles. The standard InChI is InChI=1S/C32H45N3O5/c1-31(2)21-34(29(38)25(20-36)17-23-11-7-5-8-12-23)16-15-32(31,40)22-35-19-27(30(39)33(3)4)26(18-28(35)37)24-13-9-6-10-14-24/h6,9-10,13-14,18-19,23,25,36,40H,5,7-8,11-12,15-17,20-22H2,1-4H3/t25?,32-/m1/s1. The van der Waals surface area contributed by atoms with Gasteiger partial charge in [0.05, 0.1) is 30.2 Å². The molecule has 1 aliphatic carbocycles. The molecule has 2 fully saturated rings. The van der Waals surface area contributed by atoms with Crippen LogP contribution in [0.25, 0.3) is 11.1 Å². The number of hydrogen-bond donors (Lipinski definition) is 2. The largest absolute Gasteiger partial charge is 0.396 e. The van der Waals surface area contributed by atoms with Crippen LogP contribution >= 0.6 is 0 Å². The second-order valence-corrected chi connectivity index (χ2v) is 12.7. The molecule has 2 aliphatic rings. The van der Waals surface area contributed by atoms with E-state index in [9.17, 15) is 24.6 Å². The molecule has 1 unspecified atom stereocenters. The van der Waals surface area contributed by atoms with Gasteiger partial charge in [0.1, 0.15) is 0 Å². The maximum Gasteiger partial charge on any atom is 0.255 e. The van der Waals surface area contributed by atoms with Crippen LogP contribution in [0.1, 0.15) is 69.2 Å². The van der Waals surface area contributed by atoms with Crippen molar-refractivity contribution in [3.63, 3.8) is 0 Å². The summed E-state index contributed by atoms with van der Waals surface area (Å²) in [6.45, 7) is 4.34. The van der Waals surface area contributed by atoms with Gasteiger partial charge in [0.25, 0.3) is 11.5 Å². The molecule has 0 bridgehead atoms. The van der Waals surface area contributed by atoms with Crippen LogP contribution in [0.15, 0.2) is 47.4 Å². The fourth-order valence-electron chi connectivity index (χ4n) is 6.43. The highest BCUT2D eigenvalue weighted by Gasteiger charge is 2.49. The Kier molecular flexibility index (Phi) is 9.20. The zero-order valence-corrected chi connectivity index (χ0v) is 24.4. The molecule has 2 aromatic rings. The Hall–Kier alpha value is -2.97. The molecule has 8 heteroatoms. The zero-order chi connectivity index (χ0) is 29.1. The lowest BCUT2D eigenvalue weighted by molar-refractivity contribution is -0.158. The first-order chi connectivity index (χ1) is 19.0. The number of carbonyl (C=O) groups excluding carboxylic acids is 2. The average molecular weight is 552 g/mol. The van der Waals surface area contributed by atoms with Gasteiger partial charge in [0.15, 0.2) is 0 Å². The van der Waals surface area contributed by atoms with Gasteiger partial charge in [-0.25, -0.2) is 0 Å². The van der Waals surface area contributed by atoms with Gasteiger partial charge in [-0.2, -0.15) is 0 Å². The number of likely N-dealkylation sites (tertiary alicyclic amines) is 1. The minimum absolute atomic E-state index is 0.00907. The first kappa shape index (κ1) is 30.0. The van der Waals surface area contributed by atoms with Crippen LogP contribution in [0.3, 0.4) is 0 Å². The van der Waals surface area contributed by atoms with Crippen LogP contribution in [-0.2, 0) is 11.3 Å². The van der Waals surface area contributed by atoms with Gasteiger partial charge in [-0.1, -0.05) is 76.3 Å². The van der Waals surface area contributed by atoms with Crippen molar-refractivity contribution >= 4 is 11.8 Å². The molecule has 0 radical (unpaired) electrons. The quantitative estimate of drug-likeness (QED) is 0.520. The molecule has 0 spiro atoms. The van der Waals surface area contributed by atoms with Crippen LogP contribution in [0.5, 0.6) is 0 Å². The van der Waals surface area contributed by atoms with E-state index in [4.69, 9.17) is 0 Å². The fraction of sp³-hybridized carbons (Fsp3) is 0.594. The van der Waals surface area contributed by atoms with E-state index < -0.39 is 16.9 Å². The summed E-state index contributed by atoms with van der Waals surface area (Å²) in [4.78, 5) is 43.2. The number of pyridine rings is 1. The smallest absolute Gasteiger partial charge is 0.255 e. The number of carbonyl (C=O) groups is 2. The van der Waals surface area contributed by atoms with Crippen molar-refractivity contribution in [3.8, 4) is 11.1 Å². The van der Waals surface area contributed by atoms with E-state index in [0.29, 0.717) is 36.6 Å². The highest BCUT2D eigenvalue weighted by molar-refractivity contribution is 6.00. The molecule has 40 heavy (non-hydrogen) atoms. The summed E-state index contributed by atoms with van der Waals surface area (Å²) in [5.74, 6) is -0.217. The van der Waals surface area contributed by atoms with E-state index in [2.05, 4.69) is 0 Å². The Labute approximate surface area is 237 Å². The van der Waals surface area contributed by atoms with E-state index in [0.717, 1.165) is 18.4 Å². The third-order valence-electron chi connectivity index (χ3n) is 9.14. The molecule has 1 aromatic carbocycles. The normalized spacial score (nSPS) is 22.1. The van der Waals surface area contributed by atoms with Crippen LogP contribution in [-0.4, -0.2) is 75.8 Å². The second-order valence-electron chi connectivity index (χ2n) is 12.7. The van der Waals surface area contributed by atoms with E-state index in [1.165, 1.54) is 34.8 Å². The van der Waals surface area contributed by atoms with Crippen molar-refractivity contribution in [2.45, 2.75) is 70.9 Å². The molecule has 4 rings (SSSR count). The summed E-state index contributed by atoms with van der Waals surface area (Å²) in [7, 11) is 3.34. The highest BCUT2D eigenvalue weighted by atomic mass is 16.3. The van der Waals surface area contributed by atoms with E-state index in [1.54, 1.807) is 25.2 Å². The minimum Gasteiger partial charge on any atom is -0.396 e. The maximum absolute atomic E-state index is 13.5. The summed E-state index contributed by atoms with van der Waals surface area (Å²) >= 11 is 0. The van der Waals surface area contributed by atoms with Gasteiger partial charge in [-0.3, -0.25) is 14.4 Å². The molecule has 1 saturated heterocycles. The Bertz CT molecular complexity index is 1250. The van der Waals surface area contributed by atoms with E-state index >= 15 is 0 Å². The lowest BCUT2D eigenvalue weighted by Gasteiger charge is -2.51. The molecule has 218 valence electrons. The van der Waals surface area contributed by atoms with E-state index in [1.807, 2.05) is 44.2 Å². The second kappa shape index (κ2) is 12.3. The van der Waals surface area contributed by atoms with Gasteiger partial charge in [-0.05, 0) is 24.3 Å². The zero-order valence-electron chi connectivity index (χ0n) is 24.4. The number of aromatic nitrogens is 1. The van der Waals surface area contributed by atoms with Crippen LogP contribution in [0, 0.1) is 17.3 Å². The summed E-state index contributed by atoms with van der Waals surface area (Å²) < 4.78 is 1.43. The van der Waals surface area contributed by atoms with Gasteiger partial charge < -0.3 is 24.6 Å². The van der Waals surface area contributed by atoms with Crippen molar-refractivity contribution in [2.24, 2.45) is 17.3 Å². The molecule has 8 nitrogen and oxygen atoms in total. The van der Waals surface area contributed by atoms with E-state index in [-0.39, 0.29) is 36.9 Å². The summed E-state index contributed by atoms with van der Waals surface area (Å²) in [5, 5.41) is 22.0. The van der Waals surface area contributed by atoms with Crippen molar-refractivity contribution in [3.05, 3.63) is 58.5 Å². The third kappa shape index (κ3) is 6.33. The van der Waals surface area contributed by atoms with Crippen LogP contribution in [0.4, 0.5) is 0 Å².